The summed E-state index contributed by atoms with van der Waals surface area (Å²) in [6.07, 6.45) is 86.9. The molecule has 79 heavy (non-hydrogen) atoms. The van der Waals surface area contributed by atoms with E-state index in [1.165, 1.54) is 321 Å². The van der Waals surface area contributed by atoms with Crippen LogP contribution in [-0.4, -0.2) is 47.4 Å². The molecule has 0 radical (unpaired) electrons. The molecular formula is C73H141NO5. The quantitative estimate of drug-likeness (QED) is 0.0320. The summed E-state index contributed by atoms with van der Waals surface area (Å²) in [7, 11) is 0. The van der Waals surface area contributed by atoms with Crippen molar-refractivity contribution in [1.29, 1.82) is 0 Å². The summed E-state index contributed by atoms with van der Waals surface area (Å²) in [5, 5.41) is 23.2. The van der Waals surface area contributed by atoms with E-state index >= 15 is 0 Å². The third kappa shape index (κ3) is 65.4. The van der Waals surface area contributed by atoms with Gasteiger partial charge in [0.1, 0.15) is 0 Å². The van der Waals surface area contributed by atoms with Gasteiger partial charge in [0, 0.05) is 12.8 Å². The maximum Gasteiger partial charge on any atom is 0.305 e. The van der Waals surface area contributed by atoms with E-state index in [1.54, 1.807) is 0 Å². The molecule has 0 aliphatic rings. The highest BCUT2D eigenvalue weighted by molar-refractivity contribution is 5.76. The zero-order valence-electron chi connectivity index (χ0n) is 53.6. The molecule has 0 aliphatic carbocycles. The van der Waals surface area contributed by atoms with E-state index in [2.05, 4.69) is 43.5 Å². The number of aliphatic hydroxyl groups excluding tert-OH is 2. The first kappa shape index (κ1) is 77.3. The van der Waals surface area contributed by atoms with Gasteiger partial charge in [-0.05, 0) is 57.8 Å². The van der Waals surface area contributed by atoms with Crippen LogP contribution in [0.25, 0.3) is 0 Å². The Labute approximate surface area is 494 Å². The summed E-state index contributed by atoms with van der Waals surface area (Å²) in [5.74, 6) is -0.0192. The van der Waals surface area contributed by atoms with Gasteiger partial charge in [-0.15, -0.1) is 0 Å². The largest absolute Gasteiger partial charge is 0.466 e. The Morgan fingerprint density at radius 1 is 0.354 bits per heavy atom. The number of hydrogen-bond acceptors (Lipinski definition) is 5. The average Bonchev–Trinajstić information content (AvgIpc) is 3.45. The Kier molecular flexibility index (Phi) is 67.4. The highest BCUT2D eigenvalue weighted by Crippen LogP contribution is 2.19. The number of hydrogen-bond donors (Lipinski definition) is 3. The molecule has 3 N–H and O–H groups in total. The molecule has 0 aromatic heterocycles. The van der Waals surface area contributed by atoms with Crippen LogP contribution in [0.4, 0.5) is 0 Å². The second kappa shape index (κ2) is 68.8. The molecule has 0 aromatic carbocycles. The van der Waals surface area contributed by atoms with Crippen LogP contribution in [0.3, 0.4) is 0 Å². The number of amides is 1. The molecule has 0 bridgehead atoms. The van der Waals surface area contributed by atoms with E-state index in [9.17, 15) is 19.8 Å². The second-order valence-corrected chi connectivity index (χ2v) is 24.9. The van der Waals surface area contributed by atoms with Crippen LogP contribution in [0.15, 0.2) is 24.3 Å². The zero-order valence-corrected chi connectivity index (χ0v) is 53.6. The van der Waals surface area contributed by atoms with Crippen molar-refractivity contribution in [3.05, 3.63) is 24.3 Å². The Balaban J connectivity index is 3.27. The van der Waals surface area contributed by atoms with Gasteiger partial charge in [-0.25, -0.2) is 0 Å². The smallest absolute Gasteiger partial charge is 0.305 e. The van der Waals surface area contributed by atoms with Crippen molar-refractivity contribution in [3.63, 3.8) is 0 Å². The van der Waals surface area contributed by atoms with Crippen molar-refractivity contribution < 1.29 is 24.5 Å². The summed E-state index contributed by atoms with van der Waals surface area (Å²) < 4.78 is 5.49. The fraction of sp³-hybridized carbons (Fsp3) is 0.918. The van der Waals surface area contributed by atoms with Crippen LogP contribution in [0.1, 0.15) is 406 Å². The number of carbonyl (C=O) groups is 2. The predicted octanol–water partition coefficient (Wildman–Crippen LogP) is 23.3. The molecule has 0 heterocycles. The average molecular weight is 1110 g/mol. The van der Waals surface area contributed by atoms with Crippen LogP contribution in [-0.2, 0) is 14.3 Å². The van der Waals surface area contributed by atoms with Crippen molar-refractivity contribution >= 4 is 11.9 Å². The number of aliphatic hydroxyl groups is 2. The van der Waals surface area contributed by atoms with Crippen molar-refractivity contribution in [2.24, 2.45) is 0 Å². The van der Waals surface area contributed by atoms with E-state index in [4.69, 9.17) is 4.74 Å². The van der Waals surface area contributed by atoms with Gasteiger partial charge in [-0.1, -0.05) is 359 Å². The summed E-state index contributed by atoms with van der Waals surface area (Å²) >= 11 is 0. The second-order valence-electron chi connectivity index (χ2n) is 24.9. The Morgan fingerprint density at radius 2 is 0.633 bits per heavy atom. The highest BCUT2D eigenvalue weighted by atomic mass is 16.5. The van der Waals surface area contributed by atoms with Crippen LogP contribution >= 0.6 is 0 Å². The molecule has 6 heteroatoms. The molecule has 2 atom stereocenters. The molecular weight excluding hydrogens is 971 g/mol. The Bertz CT molecular complexity index is 1230. The summed E-state index contributed by atoms with van der Waals surface area (Å²) in [4.78, 5) is 24.5. The molecule has 6 nitrogen and oxygen atoms in total. The lowest BCUT2D eigenvalue weighted by molar-refractivity contribution is -0.143. The molecule has 0 aromatic rings. The summed E-state index contributed by atoms with van der Waals surface area (Å²) in [6, 6.07) is -0.535. The SMILES string of the molecule is CCCCC/C=C\C/C=C\CCCCCCCC(=O)OCCCCCCCCCCCCCCCCCCCCCCCCCCCCCCCCCCCCCCCC(=O)NC(CO)C(O)CCCCCCCCCCCC. The maximum atomic E-state index is 12.5. The molecule has 2 unspecified atom stereocenters. The van der Waals surface area contributed by atoms with Crippen molar-refractivity contribution in [3.8, 4) is 0 Å². The molecule has 0 aliphatic heterocycles. The molecule has 0 fully saturated rings. The van der Waals surface area contributed by atoms with E-state index < -0.39 is 12.1 Å². The third-order valence-corrected chi connectivity index (χ3v) is 17.0. The van der Waals surface area contributed by atoms with Gasteiger partial charge < -0.3 is 20.3 Å². The molecule has 0 saturated carbocycles. The lowest BCUT2D eigenvalue weighted by Crippen LogP contribution is -2.45. The minimum absolute atomic E-state index is 0.00974. The first-order valence-corrected chi connectivity index (χ1v) is 36.1. The van der Waals surface area contributed by atoms with Gasteiger partial charge >= 0.3 is 5.97 Å². The Hall–Kier alpha value is -1.66. The number of allylic oxidation sites excluding steroid dienone is 4. The molecule has 0 saturated heterocycles. The van der Waals surface area contributed by atoms with Crippen LogP contribution in [0.2, 0.25) is 0 Å². The third-order valence-electron chi connectivity index (χ3n) is 17.0. The van der Waals surface area contributed by atoms with E-state index in [-0.39, 0.29) is 18.5 Å². The fourth-order valence-electron chi connectivity index (χ4n) is 11.5. The van der Waals surface area contributed by atoms with Crippen molar-refractivity contribution in [2.75, 3.05) is 13.2 Å². The molecule has 468 valence electrons. The zero-order chi connectivity index (χ0) is 57.1. The van der Waals surface area contributed by atoms with Crippen molar-refractivity contribution in [1.82, 2.24) is 5.32 Å². The van der Waals surface area contributed by atoms with Gasteiger partial charge in [-0.3, -0.25) is 9.59 Å². The fourth-order valence-corrected chi connectivity index (χ4v) is 11.5. The van der Waals surface area contributed by atoms with Crippen LogP contribution in [0, 0.1) is 0 Å². The standard InChI is InChI=1S/C73H141NO5/c1-3-5-7-9-11-13-15-16-40-44-47-51-55-59-63-67-73(78)79-68-64-60-56-52-48-45-42-39-37-35-33-31-29-27-25-23-21-19-17-18-20-22-24-26-28-30-32-34-36-38-41-43-46-50-54-58-62-66-72(77)74-70(69-75)71(76)65-61-57-53-49-14-12-10-8-6-4-2/h11,13,16,40,70-71,75-76H,3-10,12,14-15,17-39,41-69H2,1-2H3,(H,74,77)/b13-11-,40-16-. The first-order valence-electron chi connectivity index (χ1n) is 36.1. The minimum Gasteiger partial charge on any atom is -0.466 e. The number of nitrogens with one attached hydrogen (secondary N) is 1. The van der Waals surface area contributed by atoms with Gasteiger partial charge in [0.2, 0.25) is 5.91 Å². The molecule has 0 spiro atoms. The number of ether oxygens (including phenoxy) is 1. The predicted molar refractivity (Wildman–Crippen MR) is 347 cm³/mol. The van der Waals surface area contributed by atoms with Crippen molar-refractivity contribution in [2.45, 2.75) is 418 Å². The number of carbonyl (C=O) groups excluding carboxylic acids is 2. The molecule has 0 rings (SSSR count). The number of rotatable bonds is 68. The molecule has 1 amide bonds. The van der Waals surface area contributed by atoms with Gasteiger partial charge in [0.25, 0.3) is 0 Å². The monoisotopic (exact) mass is 1110 g/mol. The normalized spacial score (nSPS) is 12.6. The minimum atomic E-state index is -0.658. The summed E-state index contributed by atoms with van der Waals surface area (Å²) in [5.41, 5.74) is 0. The summed E-state index contributed by atoms with van der Waals surface area (Å²) in [6.45, 7) is 4.94. The van der Waals surface area contributed by atoms with Gasteiger partial charge in [0.05, 0.1) is 25.4 Å². The van der Waals surface area contributed by atoms with E-state index in [1.807, 2.05) is 0 Å². The van der Waals surface area contributed by atoms with Crippen LogP contribution in [0.5, 0.6) is 0 Å². The van der Waals surface area contributed by atoms with Crippen LogP contribution < -0.4 is 5.32 Å². The maximum absolute atomic E-state index is 12.5. The lowest BCUT2D eigenvalue weighted by Gasteiger charge is -2.22. The Morgan fingerprint density at radius 3 is 0.987 bits per heavy atom. The first-order chi connectivity index (χ1) is 39.0. The van der Waals surface area contributed by atoms with E-state index in [0.717, 1.165) is 51.4 Å². The van der Waals surface area contributed by atoms with Gasteiger partial charge in [-0.2, -0.15) is 0 Å². The van der Waals surface area contributed by atoms with Gasteiger partial charge in [0.15, 0.2) is 0 Å². The van der Waals surface area contributed by atoms with E-state index in [0.29, 0.717) is 25.9 Å². The lowest BCUT2D eigenvalue weighted by atomic mass is 10.0. The number of unbranched alkanes of at least 4 members (excludes halogenated alkanes) is 53. The topological polar surface area (TPSA) is 95.9 Å². The highest BCUT2D eigenvalue weighted by Gasteiger charge is 2.20. The number of esters is 1.